The summed E-state index contributed by atoms with van der Waals surface area (Å²) in [6.07, 6.45) is 0. The van der Waals surface area contributed by atoms with Crippen molar-refractivity contribution in [1.82, 2.24) is 14.1 Å². The predicted molar refractivity (Wildman–Crippen MR) is 229 cm³/mol. The molecule has 0 unspecified atom stereocenters. The Hall–Kier alpha value is -6.95. The maximum absolute atomic E-state index is 6.24. The minimum Gasteiger partial charge on any atom is -0.483 e. The van der Waals surface area contributed by atoms with Crippen LogP contribution in [0.25, 0.3) is 55.3 Å². The van der Waals surface area contributed by atoms with Crippen molar-refractivity contribution in [2.75, 3.05) is 0 Å². The third kappa shape index (κ3) is 4.87. The lowest BCUT2D eigenvalue weighted by atomic mass is 10.0. The Morgan fingerprint density at radius 3 is 1.71 bits per heavy atom. The molecule has 0 aliphatic carbocycles. The summed E-state index contributed by atoms with van der Waals surface area (Å²) >= 11 is 0. The van der Waals surface area contributed by atoms with Gasteiger partial charge in [0.05, 0.1) is 27.8 Å². The molecule has 11 rings (SSSR count). The molecule has 0 radical (unpaired) electrons. The van der Waals surface area contributed by atoms with Crippen molar-refractivity contribution in [2.45, 2.75) is 6.61 Å². The van der Waals surface area contributed by atoms with Gasteiger partial charge in [0.1, 0.15) is 12.4 Å². The molecule has 1 aliphatic rings. The third-order valence-corrected chi connectivity index (χ3v) is 16.1. The molecule has 260 valence electrons. The Labute approximate surface area is 320 Å². The highest BCUT2D eigenvalue weighted by atomic mass is 28.3. The van der Waals surface area contributed by atoms with Crippen LogP contribution in [0, 0.1) is 0 Å². The van der Waals surface area contributed by atoms with E-state index in [1.54, 1.807) is 0 Å². The minimum atomic E-state index is -2.91. The molecule has 0 saturated carbocycles. The van der Waals surface area contributed by atoms with Crippen LogP contribution >= 0.6 is 0 Å². The number of aromatic nitrogens is 3. The molecule has 0 fully saturated rings. The Morgan fingerprint density at radius 2 is 1.00 bits per heavy atom. The van der Waals surface area contributed by atoms with E-state index < -0.39 is 8.07 Å². The van der Waals surface area contributed by atoms with Crippen LogP contribution in [0.2, 0.25) is 0 Å². The predicted octanol–water partition coefficient (Wildman–Crippen LogP) is 9.06. The van der Waals surface area contributed by atoms with Crippen molar-refractivity contribution >= 4 is 61.7 Å². The first-order valence-corrected chi connectivity index (χ1v) is 20.8. The second kappa shape index (κ2) is 12.6. The van der Waals surface area contributed by atoms with Gasteiger partial charge in [-0.1, -0.05) is 152 Å². The van der Waals surface area contributed by atoms with E-state index in [1.165, 1.54) is 48.1 Å². The van der Waals surface area contributed by atoms with Gasteiger partial charge in [-0.2, -0.15) is 0 Å². The van der Waals surface area contributed by atoms with Gasteiger partial charge in [-0.05, 0) is 80.4 Å². The molecule has 0 spiro atoms. The lowest BCUT2D eigenvalue weighted by molar-refractivity contribution is 0.281. The van der Waals surface area contributed by atoms with Gasteiger partial charge in [-0.15, -0.1) is 0 Å². The van der Waals surface area contributed by atoms with Crippen molar-refractivity contribution in [3.63, 3.8) is 0 Å². The second-order valence-electron chi connectivity index (χ2n) is 14.3. The van der Waals surface area contributed by atoms with Gasteiger partial charge in [-0.3, -0.25) is 4.57 Å². The molecule has 10 aromatic rings. The molecular weight excluding hydrogens is 687 g/mol. The van der Waals surface area contributed by atoms with Crippen molar-refractivity contribution in [3.05, 3.63) is 206 Å². The molecule has 5 heteroatoms. The highest BCUT2D eigenvalue weighted by molar-refractivity contribution is 7.20. The summed E-state index contributed by atoms with van der Waals surface area (Å²) in [5.41, 5.74) is 8.97. The molecule has 0 N–H and O–H groups in total. The number of benzene rings is 8. The molecule has 55 heavy (non-hydrogen) atoms. The number of hydrogen-bond donors (Lipinski definition) is 0. The molecule has 8 aromatic carbocycles. The van der Waals surface area contributed by atoms with Crippen molar-refractivity contribution < 1.29 is 4.74 Å². The molecule has 0 bridgehead atoms. The van der Waals surface area contributed by atoms with E-state index in [0.29, 0.717) is 6.61 Å². The SMILES string of the molecule is c1ccc([Si](c2ccccc2)(c2cccc(-c3ccc4c(c3)-n3c(nc5ccccc53)CO4)c2)c2cccc(-n3c4ccccc4c4ccccc43)c2)cc1. The van der Waals surface area contributed by atoms with Gasteiger partial charge in [0, 0.05) is 16.5 Å². The molecule has 0 atom stereocenters. The van der Waals surface area contributed by atoms with E-state index in [2.05, 4.69) is 203 Å². The number of para-hydroxylation sites is 4. The molecule has 3 heterocycles. The summed E-state index contributed by atoms with van der Waals surface area (Å²) in [5, 5.41) is 7.85. The van der Waals surface area contributed by atoms with Crippen molar-refractivity contribution in [1.29, 1.82) is 0 Å². The fraction of sp³-hybridized carbons (Fsp3) is 0.0200. The van der Waals surface area contributed by atoms with E-state index in [4.69, 9.17) is 9.72 Å². The van der Waals surface area contributed by atoms with E-state index >= 15 is 0 Å². The Bertz CT molecular complexity index is 2960. The molecular formula is C50H35N3OSi. The lowest BCUT2D eigenvalue weighted by Crippen LogP contribution is -2.74. The van der Waals surface area contributed by atoms with Crippen LogP contribution in [0.5, 0.6) is 5.75 Å². The molecule has 0 amide bonds. The van der Waals surface area contributed by atoms with Crippen LogP contribution in [0.3, 0.4) is 0 Å². The van der Waals surface area contributed by atoms with E-state index in [1.807, 2.05) is 6.07 Å². The number of fused-ring (bicyclic) bond motifs is 8. The summed E-state index contributed by atoms with van der Waals surface area (Å²) in [5.74, 6) is 1.79. The van der Waals surface area contributed by atoms with Crippen LogP contribution in [-0.2, 0) is 6.61 Å². The second-order valence-corrected chi connectivity index (χ2v) is 18.1. The van der Waals surface area contributed by atoms with Crippen LogP contribution in [0.15, 0.2) is 200 Å². The molecule has 1 aliphatic heterocycles. The van der Waals surface area contributed by atoms with E-state index in [9.17, 15) is 0 Å². The maximum atomic E-state index is 6.24. The average molecular weight is 722 g/mol. The van der Waals surface area contributed by atoms with Gasteiger partial charge in [0.25, 0.3) is 0 Å². The zero-order chi connectivity index (χ0) is 36.3. The maximum Gasteiger partial charge on any atom is 0.179 e. The topological polar surface area (TPSA) is 32.0 Å². The van der Waals surface area contributed by atoms with Crippen molar-refractivity contribution in [2.24, 2.45) is 0 Å². The monoisotopic (exact) mass is 721 g/mol. The average Bonchev–Trinajstić information content (AvgIpc) is 3.81. The van der Waals surface area contributed by atoms with Crippen LogP contribution in [-0.4, -0.2) is 22.2 Å². The summed E-state index contributed by atoms with van der Waals surface area (Å²) < 4.78 is 10.9. The van der Waals surface area contributed by atoms with Crippen LogP contribution in [0.4, 0.5) is 0 Å². The Balaban J connectivity index is 1.15. The Morgan fingerprint density at radius 1 is 0.436 bits per heavy atom. The smallest absolute Gasteiger partial charge is 0.179 e. The summed E-state index contributed by atoms with van der Waals surface area (Å²) in [6.45, 7) is 0.451. The first-order chi connectivity index (χ1) is 27.3. The van der Waals surface area contributed by atoms with Gasteiger partial charge in [-0.25, -0.2) is 4.98 Å². The van der Waals surface area contributed by atoms with Gasteiger partial charge in [0.2, 0.25) is 0 Å². The van der Waals surface area contributed by atoms with Crippen LogP contribution < -0.4 is 25.5 Å². The van der Waals surface area contributed by atoms with Gasteiger partial charge < -0.3 is 9.30 Å². The van der Waals surface area contributed by atoms with Gasteiger partial charge in [0.15, 0.2) is 13.9 Å². The fourth-order valence-corrected chi connectivity index (χ4v) is 13.8. The summed E-state index contributed by atoms with van der Waals surface area (Å²) in [6, 6.07) is 73.4. The first kappa shape index (κ1) is 31.6. The quantitative estimate of drug-likeness (QED) is 0.127. The standard InChI is InChI=1S/C50H35N3OSi/c1-3-17-38(18-4-1)55(39-19-5-2-6-20-39,41-22-14-16-37(33-41)52-45-26-10-7-23-42(45)43-24-8-11-27-46(43)52)40-21-13-15-35(31-40)36-29-30-49-48(32-36)53-47-28-12-9-25-44(47)51-50(53)34-54-49/h1-33H,34H2. The molecule has 2 aromatic heterocycles. The first-order valence-electron chi connectivity index (χ1n) is 18.8. The fourth-order valence-electron chi connectivity index (χ4n) is 8.96. The summed E-state index contributed by atoms with van der Waals surface area (Å²) in [4.78, 5) is 4.90. The molecule has 4 nitrogen and oxygen atoms in total. The largest absolute Gasteiger partial charge is 0.483 e. The van der Waals surface area contributed by atoms with E-state index in [-0.39, 0.29) is 0 Å². The highest BCUT2D eigenvalue weighted by Gasteiger charge is 2.42. The van der Waals surface area contributed by atoms with Gasteiger partial charge >= 0.3 is 0 Å². The zero-order valence-electron chi connectivity index (χ0n) is 30.0. The number of hydrogen-bond acceptors (Lipinski definition) is 2. The zero-order valence-corrected chi connectivity index (χ0v) is 31.0. The molecule has 0 saturated heterocycles. The number of rotatable bonds is 6. The number of ether oxygens (including phenoxy) is 1. The lowest BCUT2D eigenvalue weighted by Gasteiger charge is -2.35. The Kier molecular flexibility index (Phi) is 7.22. The van der Waals surface area contributed by atoms with E-state index in [0.717, 1.165) is 39.5 Å². The number of imidazole rings is 1. The van der Waals surface area contributed by atoms with Crippen LogP contribution in [0.1, 0.15) is 5.82 Å². The minimum absolute atomic E-state index is 0.451. The van der Waals surface area contributed by atoms with Crippen molar-refractivity contribution in [3.8, 4) is 28.3 Å². The number of nitrogens with zero attached hydrogens (tertiary/aromatic N) is 3. The third-order valence-electron chi connectivity index (χ3n) is 11.3. The normalized spacial score (nSPS) is 12.4. The highest BCUT2D eigenvalue weighted by Crippen LogP contribution is 2.37. The summed E-state index contributed by atoms with van der Waals surface area (Å²) in [7, 11) is -2.91.